The third-order valence-corrected chi connectivity index (χ3v) is 5.75. The Morgan fingerprint density at radius 3 is 1.61 bits per heavy atom. The molecular formula is C26H23N5O2. The Balaban J connectivity index is 1.91. The summed E-state index contributed by atoms with van der Waals surface area (Å²) in [7, 11) is 3.02. The predicted octanol–water partition coefficient (Wildman–Crippen LogP) is 4.60. The van der Waals surface area contributed by atoms with E-state index < -0.39 is 5.54 Å². The van der Waals surface area contributed by atoms with Gasteiger partial charge in [-0.25, -0.2) is 15.0 Å². The van der Waals surface area contributed by atoms with E-state index in [1.54, 1.807) is 6.33 Å². The summed E-state index contributed by atoms with van der Waals surface area (Å²) in [5.41, 5.74) is 3.73. The number of hydrogen-bond acceptors (Lipinski definition) is 6. The fraction of sp³-hybridized carbons (Fsp3) is 0.115. The molecule has 0 aliphatic carbocycles. The second kappa shape index (κ2) is 8.82. The molecule has 5 aromatic rings. The first kappa shape index (κ1) is 20.8. The number of imidazole rings is 1. The van der Waals surface area contributed by atoms with Crippen LogP contribution in [0.1, 0.15) is 16.7 Å². The summed E-state index contributed by atoms with van der Waals surface area (Å²) in [6, 6.07) is 31.1. The lowest BCUT2D eigenvalue weighted by Crippen LogP contribution is -2.37. The highest BCUT2D eigenvalue weighted by molar-refractivity contribution is 5.83. The highest BCUT2D eigenvalue weighted by Crippen LogP contribution is 2.42. The van der Waals surface area contributed by atoms with Crippen LogP contribution in [0.2, 0.25) is 0 Å². The number of aromatic nitrogens is 4. The number of benzene rings is 3. The van der Waals surface area contributed by atoms with Crippen LogP contribution in [0.5, 0.6) is 0 Å². The zero-order chi connectivity index (χ0) is 22.7. The van der Waals surface area contributed by atoms with E-state index in [-0.39, 0.29) is 0 Å². The Bertz CT molecular complexity index is 1240. The normalized spacial score (nSPS) is 11.6. The van der Waals surface area contributed by atoms with E-state index in [0.717, 1.165) is 16.7 Å². The lowest BCUT2D eigenvalue weighted by atomic mass is 9.76. The van der Waals surface area contributed by atoms with Crippen molar-refractivity contribution in [3.8, 4) is 0 Å². The SMILES string of the molecule is CON(OC)c1ncnc2c1ncn2C(c1ccccc1)(c1ccccc1)c1ccccc1. The van der Waals surface area contributed by atoms with E-state index in [9.17, 15) is 0 Å². The van der Waals surface area contributed by atoms with E-state index in [4.69, 9.17) is 14.7 Å². The van der Waals surface area contributed by atoms with Crippen LogP contribution in [0, 0.1) is 0 Å². The van der Waals surface area contributed by atoms with Gasteiger partial charge < -0.3 is 0 Å². The summed E-state index contributed by atoms with van der Waals surface area (Å²) in [6.45, 7) is 0. The minimum atomic E-state index is -0.727. The third-order valence-electron chi connectivity index (χ3n) is 5.75. The maximum Gasteiger partial charge on any atom is 0.214 e. The quantitative estimate of drug-likeness (QED) is 0.274. The van der Waals surface area contributed by atoms with Crippen molar-refractivity contribution in [2.75, 3.05) is 19.4 Å². The van der Waals surface area contributed by atoms with Crippen LogP contribution in [-0.2, 0) is 15.2 Å². The van der Waals surface area contributed by atoms with Crippen molar-refractivity contribution in [2.24, 2.45) is 0 Å². The molecule has 5 rings (SSSR count). The number of fused-ring (bicyclic) bond motifs is 1. The molecule has 0 N–H and O–H groups in total. The van der Waals surface area contributed by atoms with Crippen molar-refractivity contribution in [3.63, 3.8) is 0 Å². The van der Waals surface area contributed by atoms with Crippen molar-refractivity contribution in [1.29, 1.82) is 0 Å². The van der Waals surface area contributed by atoms with Gasteiger partial charge in [0.1, 0.15) is 11.9 Å². The maximum absolute atomic E-state index is 5.31. The van der Waals surface area contributed by atoms with E-state index >= 15 is 0 Å². The summed E-state index contributed by atoms with van der Waals surface area (Å²) in [5, 5.41) is 1.22. The number of anilines is 1. The van der Waals surface area contributed by atoms with E-state index in [1.165, 1.54) is 25.8 Å². The molecule has 0 aliphatic heterocycles. The van der Waals surface area contributed by atoms with E-state index in [1.807, 2.05) is 54.6 Å². The summed E-state index contributed by atoms with van der Waals surface area (Å²) < 4.78 is 2.09. The van der Waals surface area contributed by atoms with Crippen LogP contribution in [0.4, 0.5) is 5.82 Å². The third kappa shape index (κ3) is 3.34. The largest absolute Gasteiger partial charge is 0.296 e. The minimum Gasteiger partial charge on any atom is -0.296 e. The van der Waals surface area contributed by atoms with Gasteiger partial charge in [0.15, 0.2) is 11.2 Å². The van der Waals surface area contributed by atoms with Gasteiger partial charge in [0.05, 0.1) is 20.5 Å². The van der Waals surface area contributed by atoms with Gasteiger partial charge in [0.2, 0.25) is 5.82 Å². The zero-order valence-electron chi connectivity index (χ0n) is 18.4. The van der Waals surface area contributed by atoms with Crippen LogP contribution in [-0.4, -0.2) is 33.7 Å². The minimum absolute atomic E-state index is 0.423. The molecule has 164 valence electrons. The lowest BCUT2D eigenvalue weighted by Gasteiger charge is -2.37. The summed E-state index contributed by atoms with van der Waals surface area (Å²) in [4.78, 5) is 24.3. The molecule has 0 saturated carbocycles. The van der Waals surface area contributed by atoms with Crippen molar-refractivity contribution in [2.45, 2.75) is 5.54 Å². The monoisotopic (exact) mass is 437 g/mol. The van der Waals surface area contributed by atoms with Crippen LogP contribution in [0.15, 0.2) is 104 Å². The predicted molar refractivity (Wildman–Crippen MR) is 126 cm³/mol. The molecule has 0 saturated heterocycles. The Labute approximate surface area is 191 Å². The molecule has 0 aliphatic rings. The van der Waals surface area contributed by atoms with Gasteiger partial charge in [0.25, 0.3) is 0 Å². The number of rotatable bonds is 7. The molecule has 0 unspecified atom stereocenters. The molecule has 7 heteroatoms. The fourth-order valence-electron chi connectivity index (χ4n) is 4.40. The van der Waals surface area contributed by atoms with Gasteiger partial charge in [-0.15, -0.1) is 5.23 Å². The van der Waals surface area contributed by atoms with Crippen LogP contribution in [0.3, 0.4) is 0 Å². The number of nitrogens with zero attached hydrogens (tertiary/aromatic N) is 5. The van der Waals surface area contributed by atoms with Gasteiger partial charge in [-0.2, -0.15) is 0 Å². The van der Waals surface area contributed by atoms with Crippen LogP contribution < -0.4 is 5.23 Å². The first-order valence-corrected chi connectivity index (χ1v) is 10.5. The molecule has 0 spiro atoms. The molecule has 3 aromatic carbocycles. The van der Waals surface area contributed by atoms with Crippen molar-refractivity contribution < 1.29 is 9.68 Å². The van der Waals surface area contributed by atoms with E-state index in [2.05, 4.69) is 50.9 Å². The molecule has 0 fully saturated rings. The molecule has 33 heavy (non-hydrogen) atoms. The van der Waals surface area contributed by atoms with Crippen molar-refractivity contribution in [1.82, 2.24) is 19.5 Å². The molecule has 0 radical (unpaired) electrons. The zero-order valence-corrected chi connectivity index (χ0v) is 18.4. The second-order valence-corrected chi connectivity index (χ2v) is 7.41. The van der Waals surface area contributed by atoms with Crippen LogP contribution >= 0.6 is 0 Å². The van der Waals surface area contributed by atoms with Crippen molar-refractivity contribution >= 4 is 17.0 Å². The number of hydrogen-bond donors (Lipinski definition) is 0. The Hall–Kier alpha value is -4.07. The molecule has 0 amide bonds. The maximum atomic E-state index is 5.31. The lowest BCUT2D eigenvalue weighted by molar-refractivity contribution is -0.0445. The Morgan fingerprint density at radius 2 is 1.15 bits per heavy atom. The molecule has 7 nitrogen and oxygen atoms in total. The summed E-state index contributed by atoms with van der Waals surface area (Å²) in [5.74, 6) is 0.423. The molecule has 2 aromatic heterocycles. The average molecular weight is 438 g/mol. The smallest absolute Gasteiger partial charge is 0.214 e. The van der Waals surface area contributed by atoms with Gasteiger partial charge in [0, 0.05) is 0 Å². The first-order chi connectivity index (χ1) is 16.3. The average Bonchev–Trinajstić information content (AvgIpc) is 3.33. The fourth-order valence-corrected chi connectivity index (χ4v) is 4.40. The molecule has 0 atom stereocenters. The second-order valence-electron chi connectivity index (χ2n) is 7.41. The molecular weight excluding hydrogens is 414 g/mol. The summed E-state index contributed by atoms with van der Waals surface area (Å²) >= 11 is 0. The summed E-state index contributed by atoms with van der Waals surface area (Å²) in [6.07, 6.45) is 3.30. The molecule has 0 bridgehead atoms. The van der Waals surface area contributed by atoms with Gasteiger partial charge in [-0.05, 0) is 16.7 Å². The van der Waals surface area contributed by atoms with Gasteiger partial charge in [-0.3, -0.25) is 14.2 Å². The van der Waals surface area contributed by atoms with E-state index in [0.29, 0.717) is 17.0 Å². The van der Waals surface area contributed by atoms with Crippen LogP contribution in [0.25, 0.3) is 11.2 Å². The van der Waals surface area contributed by atoms with Crippen molar-refractivity contribution in [3.05, 3.63) is 120 Å². The standard InChI is InChI=1S/C26H23N5O2/c1-32-31(33-2)25-23-24(27-18-28-25)30(19-29-23)26(20-12-6-3-7-13-20,21-14-8-4-9-15-21)22-16-10-5-11-17-22/h3-19H,1-2H3. The Morgan fingerprint density at radius 1 is 0.667 bits per heavy atom. The Kier molecular flexibility index (Phi) is 5.56. The molecule has 2 heterocycles. The highest BCUT2D eigenvalue weighted by Gasteiger charge is 2.40. The highest BCUT2D eigenvalue weighted by atomic mass is 16.9. The van der Waals surface area contributed by atoms with Gasteiger partial charge in [-0.1, -0.05) is 91.0 Å². The topological polar surface area (TPSA) is 65.3 Å². The van der Waals surface area contributed by atoms with Gasteiger partial charge >= 0.3 is 0 Å². The first-order valence-electron chi connectivity index (χ1n) is 10.5.